The zero-order valence-corrected chi connectivity index (χ0v) is 9.53. The molecule has 3 heteroatoms. The van der Waals surface area contributed by atoms with Crippen molar-refractivity contribution < 1.29 is 4.79 Å². The first-order chi connectivity index (χ1) is 7.16. The van der Waals surface area contributed by atoms with Gasteiger partial charge in [0.25, 0.3) is 0 Å². The predicted octanol–water partition coefficient (Wildman–Crippen LogP) is 1.76. The molecule has 1 aromatic heterocycles. The van der Waals surface area contributed by atoms with Gasteiger partial charge in [-0.05, 0) is 25.1 Å². The molecule has 0 radical (unpaired) electrons. The summed E-state index contributed by atoms with van der Waals surface area (Å²) >= 11 is 0. The molecular weight excluding hydrogens is 188 g/mol. The summed E-state index contributed by atoms with van der Waals surface area (Å²) in [4.78, 5) is 16.2. The van der Waals surface area contributed by atoms with E-state index in [9.17, 15) is 4.79 Å². The number of pyridine rings is 1. The minimum absolute atomic E-state index is 0.00454. The van der Waals surface area contributed by atoms with Crippen molar-refractivity contribution >= 4 is 5.78 Å². The van der Waals surface area contributed by atoms with Gasteiger partial charge < -0.3 is 5.32 Å². The van der Waals surface area contributed by atoms with Crippen LogP contribution in [-0.2, 0) is 0 Å². The highest BCUT2D eigenvalue weighted by Gasteiger charge is 2.23. The molecule has 1 atom stereocenters. The molecule has 82 valence electrons. The first kappa shape index (κ1) is 11.9. The molecule has 0 aliphatic heterocycles. The Morgan fingerprint density at radius 3 is 2.67 bits per heavy atom. The minimum Gasteiger partial charge on any atom is -0.319 e. The Morgan fingerprint density at radius 1 is 1.47 bits per heavy atom. The lowest BCUT2D eigenvalue weighted by atomic mass is 9.90. The second-order valence-corrected chi connectivity index (χ2v) is 3.99. The fourth-order valence-electron chi connectivity index (χ4n) is 1.55. The van der Waals surface area contributed by atoms with Crippen molar-refractivity contribution in [1.29, 1.82) is 0 Å². The monoisotopic (exact) mass is 206 g/mol. The molecule has 0 fully saturated rings. The molecule has 0 aliphatic carbocycles. The molecule has 1 unspecified atom stereocenters. The van der Waals surface area contributed by atoms with Crippen LogP contribution in [0.3, 0.4) is 0 Å². The number of Topliss-reactive ketones (excluding diaryl/α,β-unsaturated/α-hetero) is 1. The van der Waals surface area contributed by atoms with E-state index >= 15 is 0 Å². The largest absolute Gasteiger partial charge is 0.319 e. The number of carbonyl (C=O) groups is 1. The van der Waals surface area contributed by atoms with Gasteiger partial charge in [-0.2, -0.15) is 0 Å². The molecule has 15 heavy (non-hydrogen) atoms. The highest BCUT2D eigenvalue weighted by Crippen LogP contribution is 2.15. The van der Waals surface area contributed by atoms with Crippen molar-refractivity contribution in [3.05, 3.63) is 30.1 Å². The molecule has 3 nitrogen and oxygen atoms in total. The first-order valence-electron chi connectivity index (χ1n) is 5.26. The fraction of sp³-hybridized carbons (Fsp3) is 0.500. The highest BCUT2D eigenvalue weighted by molar-refractivity contribution is 5.96. The third-order valence-corrected chi connectivity index (χ3v) is 2.48. The summed E-state index contributed by atoms with van der Waals surface area (Å²) in [7, 11) is 1.86. The van der Waals surface area contributed by atoms with Gasteiger partial charge >= 0.3 is 0 Å². The molecule has 1 N–H and O–H groups in total. The van der Waals surface area contributed by atoms with E-state index in [0.29, 0.717) is 18.2 Å². The van der Waals surface area contributed by atoms with Crippen LogP contribution in [0.25, 0.3) is 0 Å². The zero-order valence-electron chi connectivity index (χ0n) is 9.53. The van der Waals surface area contributed by atoms with Gasteiger partial charge in [-0.3, -0.25) is 9.78 Å². The average Bonchev–Trinajstić information content (AvgIpc) is 2.26. The summed E-state index contributed by atoms with van der Waals surface area (Å²) < 4.78 is 0. The Kier molecular flexibility index (Phi) is 4.43. The molecule has 0 saturated heterocycles. The van der Waals surface area contributed by atoms with E-state index in [2.05, 4.69) is 24.1 Å². The van der Waals surface area contributed by atoms with Crippen LogP contribution in [0.2, 0.25) is 0 Å². The number of rotatable bonds is 5. The molecule has 0 bridgehead atoms. The maximum absolute atomic E-state index is 12.1. The maximum Gasteiger partial charge on any atom is 0.185 e. The van der Waals surface area contributed by atoms with Gasteiger partial charge in [0, 0.05) is 18.7 Å². The third-order valence-electron chi connectivity index (χ3n) is 2.48. The SMILES string of the molecule is CNCC(C(=O)c1ccccn1)C(C)C. The topological polar surface area (TPSA) is 42.0 Å². The van der Waals surface area contributed by atoms with Gasteiger partial charge in [-0.1, -0.05) is 19.9 Å². The number of hydrogen-bond donors (Lipinski definition) is 1. The van der Waals surface area contributed by atoms with Crippen molar-refractivity contribution in [1.82, 2.24) is 10.3 Å². The maximum atomic E-state index is 12.1. The van der Waals surface area contributed by atoms with Crippen molar-refractivity contribution in [2.45, 2.75) is 13.8 Å². The van der Waals surface area contributed by atoms with Crippen molar-refractivity contribution in [3.8, 4) is 0 Å². The van der Waals surface area contributed by atoms with Crippen LogP contribution in [0.15, 0.2) is 24.4 Å². The average molecular weight is 206 g/mol. The number of nitrogens with one attached hydrogen (secondary N) is 1. The van der Waals surface area contributed by atoms with Crippen LogP contribution in [0.1, 0.15) is 24.3 Å². The number of hydrogen-bond acceptors (Lipinski definition) is 3. The van der Waals surface area contributed by atoms with E-state index in [1.54, 1.807) is 12.3 Å². The molecule has 0 amide bonds. The summed E-state index contributed by atoms with van der Waals surface area (Å²) in [5.74, 6) is 0.455. The van der Waals surface area contributed by atoms with Crippen LogP contribution in [-0.4, -0.2) is 24.4 Å². The zero-order chi connectivity index (χ0) is 11.3. The lowest BCUT2D eigenvalue weighted by Gasteiger charge is -2.18. The van der Waals surface area contributed by atoms with Gasteiger partial charge in [0.05, 0.1) is 0 Å². The van der Waals surface area contributed by atoms with E-state index in [0.717, 1.165) is 0 Å². The molecule has 1 aromatic rings. The lowest BCUT2D eigenvalue weighted by molar-refractivity contribution is 0.0881. The molecule has 0 saturated carbocycles. The van der Waals surface area contributed by atoms with Crippen LogP contribution in [0.5, 0.6) is 0 Å². The summed E-state index contributed by atoms with van der Waals surface area (Å²) in [6.45, 7) is 4.82. The third kappa shape index (κ3) is 3.13. The van der Waals surface area contributed by atoms with Crippen molar-refractivity contribution in [2.24, 2.45) is 11.8 Å². The number of ketones is 1. The molecule has 0 aliphatic rings. The van der Waals surface area contributed by atoms with E-state index in [4.69, 9.17) is 0 Å². The Hall–Kier alpha value is -1.22. The van der Waals surface area contributed by atoms with E-state index in [1.165, 1.54) is 0 Å². The lowest BCUT2D eigenvalue weighted by Crippen LogP contribution is -2.30. The van der Waals surface area contributed by atoms with Crippen molar-refractivity contribution in [2.75, 3.05) is 13.6 Å². The standard InChI is InChI=1S/C12H18N2O/c1-9(2)10(8-13-3)12(15)11-6-4-5-7-14-11/h4-7,9-10,13H,8H2,1-3H3. The van der Waals surface area contributed by atoms with Gasteiger partial charge in [-0.15, -0.1) is 0 Å². The number of nitrogens with zero attached hydrogens (tertiary/aromatic N) is 1. The smallest absolute Gasteiger partial charge is 0.185 e. The van der Waals surface area contributed by atoms with Gasteiger partial charge in [0.1, 0.15) is 5.69 Å². The predicted molar refractivity (Wildman–Crippen MR) is 60.8 cm³/mol. The van der Waals surface area contributed by atoms with E-state index in [1.807, 2.05) is 19.2 Å². The van der Waals surface area contributed by atoms with E-state index in [-0.39, 0.29) is 11.7 Å². The Bertz CT molecular complexity index is 309. The Labute approximate surface area is 90.9 Å². The van der Waals surface area contributed by atoms with Crippen LogP contribution < -0.4 is 5.32 Å². The molecule has 0 aromatic carbocycles. The summed E-state index contributed by atoms with van der Waals surface area (Å²) in [6.07, 6.45) is 1.66. The highest BCUT2D eigenvalue weighted by atomic mass is 16.1. The minimum atomic E-state index is 0.00454. The normalized spacial score (nSPS) is 12.8. The second kappa shape index (κ2) is 5.61. The Morgan fingerprint density at radius 2 is 2.20 bits per heavy atom. The van der Waals surface area contributed by atoms with Gasteiger partial charge in [0.15, 0.2) is 5.78 Å². The molecule has 0 spiro atoms. The Balaban J connectivity index is 2.81. The quantitative estimate of drug-likeness (QED) is 0.746. The van der Waals surface area contributed by atoms with Crippen LogP contribution in [0.4, 0.5) is 0 Å². The van der Waals surface area contributed by atoms with Crippen molar-refractivity contribution in [3.63, 3.8) is 0 Å². The molecular formula is C12H18N2O. The van der Waals surface area contributed by atoms with E-state index < -0.39 is 0 Å². The molecule has 1 rings (SSSR count). The summed E-state index contributed by atoms with van der Waals surface area (Å²) in [5, 5.41) is 3.05. The molecule has 1 heterocycles. The number of carbonyl (C=O) groups excluding carboxylic acids is 1. The van der Waals surface area contributed by atoms with Gasteiger partial charge in [-0.25, -0.2) is 0 Å². The summed E-state index contributed by atoms with van der Waals surface area (Å²) in [6, 6.07) is 5.43. The summed E-state index contributed by atoms with van der Waals surface area (Å²) in [5.41, 5.74) is 0.562. The van der Waals surface area contributed by atoms with Crippen LogP contribution in [0, 0.1) is 11.8 Å². The van der Waals surface area contributed by atoms with Crippen LogP contribution >= 0.6 is 0 Å². The number of aromatic nitrogens is 1. The van der Waals surface area contributed by atoms with Gasteiger partial charge in [0.2, 0.25) is 0 Å². The second-order valence-electron chi connectivity index (χ2n) is 3.99. The fourth-order valence-corrected chi connectivity index (χ4v) is 1.55. The first-order valence-corrected chi connectivity index (χ1v) is 5.26.